The number of rotatable bonds is 5. The normalized spacial score (nSPS) is 19.2. The highest BCUT2D eigenvalue weighted by atomic mass is 32.2. The summed E-state index contributed by atoms with van der Waals surface area (Å²) in [4.78, 5) is 39.9. The molecular formula is C23H21N3O5S. The number of thioether (sulfide) groups is 1. The van der Waals surface area contributed by atoms with Crippen molar-refractivity contribution in [3.8, 4) is 5.82 Å². The van der Waals surface area contributed by atoms with Crippen LogP contribution in [0.4, 0.5) is 5.69 Å². The van der Waals surface area contributed by atoms with Crippen molar-refractivity contribution in [1.29, 1.82) is 0 Å². The number of carbonyl (C=O) groups is 3. The monoisotopic (exact) mass is 451 g/mol. The van der Waals surface area contributed by atoms with Gasteiger partial charge in [0.1, 0.15) is 5.76 Å². The lowest BCUT2D eigenvalue weighted by molar-refractivity contribution is -0.145. The van der Waals surface area contributed by atoms with E-state index in [9.17, 15) is 14.4 Å². The highest BCUT2D eigenvalue weighted by Crippen LogP contribution is 2.56. The molecule has 2 aliphatic heterocycles. The number of carbonyl (C=O) groups excluding carboxylic acids is 3. The molecule has 1 aromatic carbocycles. The maximum atomic E-state index is 13.2. The van der Waals surface area contributed by atoms with Gasteiger partial charge >= 0.3 is 5.97 Å². The lowest BCUT2D eigenvalue weighted by Gasteiger charge is -2.28. The number of para-hydroxylation sites is 1. The Hall–Kier alpha value is -3.33. The van der Waals surface area contributed by atoms with Crippen LogP contribution in [-0.2, 0) is 14.3 Å². The van der Waals surface area contributed by atoms with Gasteiger partial charge in [0.15, 0.2) is 17.3 Å². The van der Waals surface area contributed by atoms with Crippen molar-refractivity contribution in [3.63, 3.8) is 0 Å². The van der Waals surface area contributed by atoms with E-state index >= 15 is 0 Å². The molecule has 2 aromatic heterocycles. The SMILES string of the molecule is Cc1cc(-n2c(C)cc(C(=O)COC(=O)[C@@]34CCC(=O)N3c3ccccc3S4)c2C)no1. The van der Waals surface area contributed by atoms with Gasteiger partial charge in [-0.25, -0.2) is 4.79 Å². The maximum Gasteiger partial charge on any atom is 0.343 e. The van der Waals surface area contributed by atoms with E-state index in [1.54, 1.807) is 19.1 Å². The van der Waals surface area contributed by atoms with Crippen molar-refractivity contribution in [2.24, 2.45) is 0 Å². The number of hydrogen-bond acceptors (Lipinski definition) is 7. The van der Waals surface area contributed by atoms with E-state index < -0.39 is 17.4 Å². The van der Waals surface area contributed by atoms with Gasteiger partial charge in [-0.15, -0.1) is 0 Å². The van der Waals surface area contributed by atoms with Crippen LogP contribution in [0, 0.1) is 20.8 Å². The van der Waals surface area contributed by atoms with Gasteiger partial charge in [-0.05, 0) is 39.0 Å². The molecule has 1 fully saturated rings. The fraction of sp³-hybridized carbons (Fsp3) is 0.304. The average Bonchev–Trinajstić information content (AvgIpc) is 3.49. The highest BCUT2D eigenvalue weighted by Gasteiger charge is 2.58. The third-order valence-corrected chi connectivity index (χ3v) is 7.36. The van der Waals surface area contributed by atoms with Crippen molar-refractivity contribution in [2.75, 3.05) is 11.5 Å². The summed E-state index contributed by atoms with van der Waals surface area (Å²) in [5.41, 5.74) is 2.68. The molecular weight excluding hydrogens is 430 g/mol. The summed E-state index contributed by atoms with van der Waals surface area (Å²) in [6.45, 7) is 5.08. The smallest absolute Gasteiger partial charge is 0.343 e. The number of ketones is 1. The number of benzene rings is 1. The molecule has 3 aromatic rings. The van der Waals surface area contributed by atoms with Crippen molar-refractivity contribution in [3.05, 3.63) is 59.1 Å². The number of aryl methyl sites for hydroxylation is 2. The Morgan fingerprint density at radius 3 is 2.75 bits per heavy atom. The predicted molar refractivity (Wildman–Crippen MR) is 117 cm³/mol. The molecule has 164 valence electrons. The average molecular weight is 452 g/mol. The van der Waals surface area contributed by atoms with E-state index in [-0.39, 0.29) is 18.1 Å². The molecule has 0 saturated carbocycles. The van der Waals surface area contributed by atoms with Crippen molar-refractivity contribution in [1.82, 2.24) is 9.72 Å². The van der Waals surface area contributed by atoms with Crippen LogP contribution in [-0.4, -0.2) is 38.9 Å². The number of nitrogens with zero attached hydrogens (tertiary/aromatic N) is 3. The second-order valence-electron chi connectivity index (χ2n) is 8.00. The van der Waals surface area contributed by atoms with Crippen LogP contribution in [0.15, 0.2) is 45.8 Å². The number of anilines is 1. The second kappa shape index (κ2) is 7.37. The molecule has 8 nitrogen and oxygen atoms in total. The molecule has 1 saturated heterocycles. The first kappa shape index (κ1) is 20.6. The number of Topliss-reactive ketones (excluding diaryl/α,β-unsaturated/α-hetero) is 1. The highest BCUT2D eigenvalue weighted by molar-refractivity contribution is 8.02. The zero-order valence-corrected chi connectivity index (χ0v) is 18.7. The molecule has 1 amide bonds. The molecule has 2 aliphatic rings. The Labute approximate surface area is 188 Å². The van der Waals surface area contributed by atoms with Crippen LogP contribution in [0.1, 0.15) is 40.3 Å². The van der Waals surface area contributed by atoms with Crippen LogP contribution in [0.5, 0.6) is 0 Å². The van der Waals surface area contributed by atoms with E-state index in [0.717, 1.165) is 16.3 Å². The summed E-state index contributed by atoms with van der Waals surface area (Å²) < 4.78 is 12.5. The summed E-state index contributed by atoms with van der Waals surface area (Å²) in [6.07, 6.45) is 0.612. The number of hydrogen-bond donors (Lipinski definition) is 0. The molecule has 0 radical (unpaired) electrons. The van der Waals surface area contributed by atoms with Gasteiger partial charge < -0.3 is 9.26 Å². The number of amides is 1. The van der Waals surface area contributed by atoms with Gasteiger partial charge in [-0.3, -0.25) is 19.1 Å². The minimum Gasteiger partial charge on any atom is -0.455 e. The first-order valence-electron chi connectivity index (χ1n) is 10.3. The first-order valence-corrected chi connectivity index (χ1v) is 11.1. The molecule has 0 aliphatic carbocycles. The van der Waals surface area contributed by atoms with E-state index in [2.05, 4.69) is 5.16 Å². The molecule has 9 heteroatoms. The van der Waals surface area contributed by atoms with Gasteiger partial charge in [0.2, 0.25) is 11.7 Å². The fourth-order valence-electron chi connectivity index (χ4n) is 4.45. The number of ether oxygens (including phenoxy) is 1. The zero-order chi connectivity index (χ0) is 22.6. The third-order valence-electron chi connectivity index (χ3n) is 5.90. The molecule has 0 spiro atoms. The fourth-order valence-corrected chi connectivity index (χ4v) is 5.86. The summed E-state index contributed by atoms with van der Waals surface area (Å²) in [5, 5.41) is 4.02. The summed E-state index contributed by atoms with van der Waals surface area (Å²) in [6, 6.07) is 10.9. The molecule has 5 rings (SSSR count). The van der Waals surface area contributed by atoms with Crippen LogP contribution >= 0.6 is 11.8 Å². The van der Waals surface area contributed by atoms with E-state index in [0.29, 0.717) is 29.3 Å². The Bertz CT molecular complexity index is 1280. The number of fused-ring (bicyclic) bond motifs is 3. The van der Waals surface area contributed by atoms with Gasteiger partial charge in [0.05, 0.1) is 5.69 Å². The van der Waals surface area contributed by atoms with Crippen LogP contribution in [0.25, 0.3) is 5.82 Å². The van der Waals surface area contributed by atoms with E-state index in [1.165, 1.54) is 16.7 Å². The van der Waals surface area contributed by atoms with Gasteiger partial charge in [0.25, 0.3) is 0 Å². The lowest BCUT2D eigenvalue weighted by atomic mass is 10.1. The van der Waals surface area contributed by atoms with Crippen LogP contribution in [0.2, 0.25) is 0 Å². The Balaban J connectivity index is 1.35. The van der Waals surface area contributed by atoms with E-state index in [1.807, 2.05) is 42.7 Å². The second-order valence-corrected chi connectivity index (χ2v) is 9.32. The van der Waals surface area contributed by atoms with Crippen LogP contribution in [0.3, 0.4) is 0 Å². The number of aromatic nitrogens is 2. The molecule has 1 atom stereocenters. The Morgan fingerprint density at radius 1 is 1.22 bits per heavy atom. The molecule has 0 unspecified atom stereocenters. The third kappa shape index (κ3) is 2.99. The van der Waals surface area contributed by atoms with Crippen LogP contribution < -0.4 is 4.90 Å². The van der Waals surface area contributed by atoms with Crippen molar-refractivity contribution in [2.45, 2.75) is 43.4 Å². The van der Waals surface area contributed by atoms with E-state index in [4.69, 9.17) is 9.26 Å². The quantitative estimate of drug-likeness (QED) is 0.431. The number of esters is 1. The minimum absolute atomic E-state index is 0.114. The Kier molecular flexibility index (Phi) is 4.74. The predicted octanol–water partition coefficient (Wildman–Crippen LogP) is 3.75. The summed E-state index contributed by atoms with van der Waals surface area (Å²) in [5.74, 6) is 0.258. The minimum atomic E-state index is -1.14. The zero-order valence-electron chi connectivity index (χ0n) is 17.9. The molecule has 4 heterocycles. The van der Waals surface area contributed by atoms with Crippen molar-refractivity contribution < 1.29 is 23.6 Å². The van der Waals surface area contributed by atoms with Gasteiger partial charge in [0, 0.05) is 40.8 Å². The maximum absolute atomic E-state index is 13.2. The largest absolute Gasteiger partial charge is 0.455 e. The standard InChI is InChI=1S/C23H21N3O5S/c1-13-10-16(15(3)25(13)20-11-14(2)31-24-20)18(27)12-30-22(29)23-9-8-21(28)26(23)17-6-4-5-7-19(17)32-23/h4-7,10-11H,8-9,12H2,1-3H3/t23-/m0/s1. The molecule has 32 heavy (non-hydrogen) atoms. The topological polar surface area (TPSA) is 94.6 Å². The molecule has 0 bridgehead atoms. The molecule has 0 N–H and O–H groups in total. The summed E-state index contributed by atoms with van der Waals surface area (Å²) in [7, 11) is 0. The van der Waals surface area contributed by atoms with Crippen molar-refractivity contribution >= 4 is 35.1 Å². The van der Waals surface area contributed by atoms with Gasteiger partial charge in [-0.2, -0.15) is 0 Å². The first-order chi connectivity index (χ1) is 15.3. The lowest BCUT2D eigenvalue weighted by Crippen LogP contribution is -2.48. The Morgan fingerprint density at radius 2 is 2.00 bits per heavy atom. The van der Waals surface area contributed by atoms with Gasteiger partial charge in [-0.1, -0.05) is 29.1 Å². The summed E-state index contributed by atoms with van der Waals surface area (Å²) >= 11 is 1.32.